The van der Waals surface area contributed by atoms with Crippen molar-refractivity contribution >= 4 is 0 Å². The minimum absolute atomic E-state index is 0.538. The Bertz CT molecular complexity index is 291. The van der Waals surface area contributed by atoms with E-state index in [2.05, 4.69) is 42.9 Å². The molecule has 1 atom stereocenters. The monoisotopic (exact) mass is 295 g/mol. The lowest BCUT2D eigenvalue weighted by molar-refractivity contribution is 0.0346. The van der Waals surface area contributed by atoms with Crippen LogP contribution in [0, 0.1) is 11.3 Å². The van der Waals surface area contributed by atoms with Gasteiger partial charge in [0.25, 0.3) is 0 Å². The second-order valence-corrected chi connectivity index (χ2v) is 7.74. The molecule has 2 rings (SSSR count). The van der Waals surface area contributed by atoms with Gasteiger partial charge < -0.3 is 10.2 Å². The number of likely N-dealkylation sites (N-methyl/N-ethyl adjacent to an activating group) is 1. The summed E-state index contributed by atoms with van der Waals surface area (Å²) in [6.45, 7) is 14.4. The molecule has 1 unspecified atom stereocenters. The van der Waals surface area contributed by atoms with Gasteiger partial charge in [-0.1, -0.05) is 33.6 Å². The lowest BCUT2D eigenvalue weighted by atomic mass is 9.70. The highest BCUT2D eigenvalue weighted by molar-refractivity contribution is 4.91. The van der Waals surface area contributed by atoms with E-state index in [1.165, 1.54) is 64.8 Å². The van der Waals surface area contributed by atoms with Gasteiger partial charge in [-0.25, -0.2) is 0 Å². The molecule has 2 aliphatic rings. The maximum Gasteiger partial charge on any atom is 0.0218 e. The van der Waals surface area contributed by atoms with Crippen LogP contribution in [0.3, 0.4) is 0 Å². The van der Waals surface area contributed by atoms with Gasteiger partial charge in [0, 0.05) is 38.8 Å². The Hall–Kier alpha value is -0.120. The molecule has 3 heteroatoms. The van der Waals surface area contributed by atoms with Crippen LogP contribution >= 0.6 is 0 Å². The van der Waals surface area contributed by atoms with Gasteiger partial charge in [0.15, 0.2) is 0 Å². The first kappa shape index (κ1) is 17.2. The number of hydrogen-bond donors (Lipinski definition) is 1. The Kier molecular flexibility index (Phi) is 6.51. The Morgan fingerprint density at radius 3 is 2.48 bits per heavy atom. The standard InChI is InChI=1S/C18H37N3/c1-5-17-13-21(12-11-20(17)4)15-18(14-19-6-2)9-7-16(3)8-10-18/h16-17,19H,5-15H2,1-4H3. The topological polar surface area (TPSA) is 18.5 Å². The van der Waals surface area contributed by atoms with Crippen molar-refractivity contribution in [3.63, 3.8) is 0 Å². The van der Waals surface area contributed by atoms with E-state index < -0.39 is 0 Å². The zero-order valence-corrected chi connectivity index (χ0v) is 14.8. The minimum atomic E-state index is 0.538. The fraction of sp³-hybridized carbons (Fsp3) is 1.00. The second kappa shape index (κ2) is 7.94. The van der Waals surface area contributed by atoms with Crippen molar-refractivity contribution in [3.05, 3.63) is 0 Å². The van der Waals surface area contributed by atoms with E-state index in [-0.39, 0.29) is 0 Å². The van der Waals surface area contributed by atoms with Crippen LogP contribution in [0.15, 0.2) is 0 Å². The lowest BCUT2D eigenvalue weighted by Gasteiger charge is -2.46. The third kappa shape index (κ3) is 4.67. The van der Waals surface area contributed by atoms with Crippen LogP contribution in [-0.4, -0.2) is 62.2 Å². The van der Waals surface area contributed by atoms with Gasteiger partial charge in [0.1, 0.15) is 0 Å². The second-order valence-electron chi connectivity index (χ2n) is 7.74. The summed E-state index contributed by atoms with van der Waals surface area (Å²) in [6.07, 6.45) is 6.98. The van der Waals surface area contributed by atoms with E-state index in [9.17, 15) is 0 Å². The Morgan fingerprint density at radius 2 is 1.86 bits per heavy atom. The van der Waals surface area contributed by atoms with Gasteiger partial charge in [-0.05, 0) is 44.2 Å². The molecule has 3 nitrogen and oxygen atoms in total. The molecule has 0 aromatic carbocycles. The van der Waals surface area contributed by atoms with Crippen LogP contribution in [0.25, 0.3) is 0 Å². The third-order valence-corrected chi connectivity index (χ3v) is 5.98. The van der Waals surface area contributed by atoms with Crippen LogP contribution in [0.4, 0.5) is 0 Å². The van der Waals surface area contributed by atoms with Gasteiger partial charge >= 0.3 is 0 Å². The van der Waals surface area contributed by atoms with Crippen LogP contribution < -0.4 is 5.32 Å². The fourth-order valence-corrected chi connectivity index (χ4v) is 4.22. The zero-order valence-electron chi connectivity index (χ0n) is 14.8. The van der Waals surface area contributed by atoms with E-state index in [1.54, 1.807) is 0 Å². The van der Waals surface area contributed by atoms with E-state index in [4.69, 9.17) is 0 Å². The molecule has 1 saturated heterocycles. The first-order chi connectivity index (χ1) is 10.1. The smallest absolute Gasteiger partial charge is 0.0218 e. The maximum atomic E-state index is 3.66. The molecule has 124 valence electrons. The molecule has 1 N–H and O–H groups in total. The van der Waals surface area contributed by atoms with Crippen LogP contribution in [-0.2, 0) is 0 Å². The summed E-state index contributed by atoms with van der Waals surface area (Å²) in [6, 6.07) is 0.762. The van der Waals surface area contributed by atoms with Crippen LogP contribution in [0.2, 0.25) is 0 Å². The summed E-state index contributed by atoms with van der Waals surface area (Å²) in [5, 5.41) is 3.66. The lowest BCUT2D eigenvalue weighted by Crippen LogP contribution is -2.55. The van der Waals surface area contributed by atoms with Gasteiger partial charge in [0.05, 0.1) is 0 Å². The number of nitrogens with zero attached hydrogens (tertiary/aromatic N) is 2. The van der Waals surface area contributed by atoms with E-state index in [0.717, 1.165) is 18.5 Å². The van der Waals surface area contributed by atoms with E-state index in [1.807, 2.05) is 0 Å². The fourth-order valence-electron chi connectivity index (χ4n) is 4.22. The molecule has 1 saturated carbocycles. The van der Waals surface area contributed by atoms with Crippen molar-refractivity contribution in [1.29, 1.82) is 0 Å². The van der Waals surface area contributed by atoms with Crippen LogP contribution in [0.5, 0.6) is 0 Å². The summed E-state index contributed by atoms with van der Waals surface area (Å²) in [4.78, 5) is 5.32. The average Bonchev–Trinajstić information content (AvgIpc) is 2.50. The summed E-state index contributed by atoms with van der Waals surface area (Å²) in [5.74, 6) is 0.940. The highest BCUT2D eigenvalue weighted by atomic mass is 15.3. The molecule has 0 radical (unpaired) electrons. The molecule has 1 aliphatic heterocycles. The minimum Gasteiger partial charge on any atom is -0.316 e. The number of rotatable bonds is 6. The highest BCUT2D eigenvalue weighted by Gasteiger charge is 2.36. The van der Waals surface area contributed by atoms with E-state index >= 15 is 0 Å². The summed E-state index contributed by atoms with van der Waals surface area (Å²) in [7, 11) is 2.29. The molecule has 1 aliphatic carbocycles. The molecular formula is C18H37N3. The predicted octanol–water partition coefficient (Wildman–Crippen LogP) is 2.82. The normalized spacial score (nSPS) is 36.0. The van der Waals surface area contributed by atoms with Crippen molar-refractivity contribution in [1.82, 2.24) is 15.1 Å². The van der Waals surface area contributed by atoms with Gasteiger partial charge in [0.2, 0.25) is 0 Å². The van der Waals surface area contributed by atoms with Gasteiger partial charge in [-0.3, -0.25) is 4.90 Å². The molecule has 2 fully saturated rings. The maximum absolute atomic E-state index is 3.66. The molecular weight excluding hydrogens is 258 g/mol. The van der Waals surface area contributed by atoms with Crippen LogP contribution in [0.1, 0.15) is 52.9 Å². The molecule has 21 heavy (non-hydrogen) atoms. The quantitative estimate of drug-likeness (QED) is 0.813. The molecule has 0 spiro atoms. The predicted molar refractivity (Wildman–Crippen MR) is 91.8 cm³/mol. The van der Waals surface area contributed by atoms with Crippen molar-refractivity contribution in [3.8, 4) is 0 Å². The molecule has 0 aromatic rings. The molecule has 0 aromatic heterocycles. The Morgan fingerprint density at radius 1 is 1.14 bits per heavy atom. The zero-order chi connectivity index (χ0) is 15.3. The largest absolute Gasteiger partial charge is 0.316 e. The summed E-state index contributed by atoms with van der Waals surface area (Å²) >= 11 is 0. The first-order valence-electron chi connectivity index (χ1n) is 9.22. The van der Waals surface area contributed by atoms with Gasteiger partial charge in [-0.2, -0.15) is 0 Å². The third-order valence-electron chi connectivity index (χ3n) is 5.98. The SMILES string of the molecule is CCNCC1(CN2CCN(C)C(CC)C2)CCC(C)CC1. The molecule has 1 heterocycles. The van der Waals surface area contributed by atoms with Crippen molar-refractivity contribution in [2.45, 2.75) is 58.9 Å². The van der Waals surface area contributed by atoms with E-state index in [0.29, 0.717) is 5.41 Å². The van der Waals surface area contributed by atoms with Crippen molar-refractivity contribution in [2.75, 3.05) is 46.3 Å². The number of nitrogens with one attached hydrogen (secondary N) is 1. The first-order valence-corrected chi connectivity index (χ1v) is 9.22. The summed E-state index contributed by atoms with van der Waals surface area (Å²) in [5.41, 5.74) is 0.538. The highest BCUT2D eigenvalue weighted by Crippen LogP contribution is 2.39. The van der Waals surface area contributed by atoms with Gasteiger partial charge in [-0.15, -0.1) is 0 Å². The molecule has 0 amide bonds. The molecule has 0 bridgehead atoms. The summed E-state index contributed by atoms with van der Waals surface area (Å²) < 4.78 is 0. The number of hydrogen-bond acceptors (Lipinski definition) is 3. The number of piperazine rings is 1. The van der Waals surface area contributed by atoms with Crippen molar-refractivity contribution < 1.29 is 0 Å². The Labute approximate surface area is 132 Å². The Balaban J connectivity index is 1.95. The van der Waals surface area contributed by atoms with Crippen molar-refractivity contribution in [2.24, 2.45) is 11.3 Å². The average molecular weight is 296 g/mol.